The third-order valence-corrected chi connectivity index (χ3v) is 5.26. The Kier molecular flexibility index (Phi) is 4.50. The van der Waals surface area contributed by atoms with Crippen molar-refractivity contribution in [2.24, 2.45) is 5.73 Å². The van der Waals surface area contributed by atoms with Gasteiger partial charge in [-0.25, -0.2) is 0 Å². The highest BCUT2D eigenvalue weighted by molar-refractivity contribution is 9.10. The Hall–Kier alpha value is -1.07. The summed E-state index contributed by atoms with van der Waals surface area (Å²) < 4.78 is 8.05. The van der Waals surface area contributed by atoms with Crippen LogP contribution in [0.1, 0.15) is 10.4 Å². The minimum atomic E-state index is 0.470. The van der Waals surface area contributed by atoms with Crippen molar-refractivity contribution < 1.29 is 4.74 Å². The molecule has 0 aliphatic carbocycles. The van der Waals surface area contributed by atoms with Crippen LogP contribution in [-0.2, 0) is 13.2 Å². The molecule has 0 spiro atoms. The van der Waals surface area contributed by atoms with Crippen molar-refractivity contribution in [2.45, 2.75) is 13.2 Å². The molecule has 0 aliphatic heterocycles. The van der Waals surface area contributed by atoms with Gasteiger partial charge in [0.1, 0.15) is 12.4 Å². The number of hydrogen-bond acceptors (Lipinski definition) is 3. The van der Waals surface area contributed by atoms with Crippen LogP contribution in [0, 0.1) is 0 Å². The van der Waals surface area contributed by atoms with Crippen molar-refractivity contribution in [1.82, 2.24) is 0 Å². The van der Waals surface area contributed by atoms with Crippen molar-refractivity contribution in [1.29, 1.82) is 0 Å². The molecule has 0 fully saturated rings. The zero-order chi connectivity index (χ0) is 14.8. The number of halogens is 2. The van der Waals surface area contributed by atoms with Crippen LogP contribution in [0.5, 0.6) is 5.75 Å². The van der Waals surface area contributed by atoms with Gasteiger partial charge in [-0.3, -0.25) is 0 Å². The van der Waals surface area contributed by atoms with E-state index in [4.69, 9.17) is 22.1 Å². The fourth-order valence-corrected chi connectivity index (χ4v) is 4.03. The van der Waals surface area contributed by atoms with E-state index in [1.807, 2.05) is 30.3 Å². The Morgan fingerprint density at radius 3 is 2.76 bits per heavy atom. The number of ether oxygens (including phenoxy) is 1. The molecule has 1 heterocycles. The molecule has 1 aromatic heterocycles. The lowest BCUT2D eigenvalue weighted by molar-refractivity contribution is 0.307. The highest BCUT2D eigenvalue weighted by Crippen LogP contribution is 2.33. The van der Waals surface area contributed by atoms with Crippen LogP contribution in [0.25, 0.3) is 10.1 Å². The van der Waals surface area contributed by atoms with Gasteiger partial charge in [-0.15, -0.1) is 11.3 Å². The maximum Gasteiger partial charge on any atom is 0.138 e. The summed E-state index contributed by atoms with van der Waals surface area (Å²) in [6.07, 6.45) is 0. The van der Waals surface area contributed by atoms with Gasteiger partial charge in [0, 0.05) is 26.2 Å². The Bertz CT molecular complexity index is 787. The van der Waals surface area contributed by atoms with E-state index in [-0.39, 0.29) is 0 Å². The smallest absolute Gasteiger partial charge is 0.138 e. The first-order valence-electron chi connectivity index (χ1n) is 6.46. The van der Waals surface area contributed by atoms with E-state index >= 15 is 0 Å². The molecule has 0 atom stereocenters. The van der Waals surface area contributed by atoms with E-state index in [1.54, 1.807) is 11.3 Å². The predicted molar refractivity (Wildman–Crippen MR) is 93.2 cm³/mol. The molecule has 3 aromatic rings. The van der Waals surface area contributed by atoms with Crippen molar-refractivity contribution in [3.63, 3.8) is 0 Å². The number of thiophene rings is 1. The Labute approximate surface area is 140 Å². The Morgan fingerprint density at radius 1 is 1.19 bits per heavy atom. The standard InChI is InChI=1S/C16H13BrClNOS/c17-10-5-6-14(13(18)7-10)20-9-12-11-3-1-2-4-15(11)21-16(12)8-19/h1-7H,8-9,19H2. The Morgan fingerprint density at radius 2 is 2.00 bits per heavy atom. The molecule has 5 heteroatoms. The van der Waals surface area contributed by atoms with E-state index in [2.05, 4.69) is 28.1 Å². The molecular weight excluding hydrogens is 370 g/mol. The second-order valence-corrected chi connectivity index (χ2v) is 7.03. The van der Waals surface area contributed by atoms with Crippen molar-refractivity contribution >= 4 is 49.0 Å². The quantitative estimate of drug-likeness (QED) is 0.659. The fraction of sp³-hybridized carbons (Fsp3) is 0.125. The lowest BCUT2D eigenvalue weighted by Crippen LogP contribution is -2.02. The molecule has 21 heavy (non-hydrogen) atoms. The van der Waals surface area contributed by atoms with Crippen molar-refractivity contribution in [3.8, 4) is 5.75 Å². The highest BCUT2D eigenvalue weighted by atomic mass is 79.9. The molecule has 0 saturated heterocycles. The maximum absolute atomic E-state index is 6.18. The molecule has 2 aromatic carbocycles. The molecule has 0 amide bonds. The van der Waals surface area contributed by atoms with Crippen LogP contribution in [-0.4, -0.2) is 0 Å². The van der Waals surface area contributed by atoms with Crippen molar-refractivity contribution in [2.75, 3.05) is 0 Å². The normalized spacial score (nSPS) is 11.0. The molecule has 108 valence electrons. The number of nitrogens with two attached hydrogens (primary N) is 1. The van der Waals surface area contributed by atoms with Gasteiger partial charge in [-0.2, -0.15) is 0 Å². The number of rotatable bonds is 4. The lowest BCUT2D eigenvalue weighted by atomic mass is 10.1. The average molecular weight is 383 g/mol. The summed E-state index contributed by atoms with van der Waals surface area (Å²) in [6, 6.07) is 13.9. The third kappa shape index (κ3) is 3.09. The van der Waals surface area contributed by atoms with E-state index in [1.165, 1.54) is 10.1 Å². The first-order chi connectivity index (χ1) is 10.2. The summed E-state index contributed by atoms with van der Waals surface area (Å²) in [5.74, 6) is 0.679. The van der Waals surface area contributed by atoms with Gasteiger partial charge in [0.25, 0.3) is 0 Å². The third-order valence-electron chi connectivity index (χ3n) is 3.23. The topological polar surface area (TPSA) is 35.2 Å². The maximum atomic E-state index is 6.18. The van der Waals surface area contributed by atoms with Crippen LogP contribution in [0.15, 0.2) is 46.9 Å². The number of fused-ring (bicyclic) bond motifs is 1. The van der Waals surface area contributed by atoms with Crippen LogP contribution in [0.3, 0.4) is 0 Å². The molecule has 3 rings (SSSR count). The SMILES string of the molecule is NCc1sc2ccccc2c1COc1ccc(Br)cc1Cl. The first-order valence-corrected chi connectivity index (χ1v) is 8.45. The fourth-order valence-electron chi connectivity index (χ4n) is 2.21. The van der Waals surface area contributed by atoms with Gasteiger partial charge in [0.05, 0.1) is 5.02 Å². The van der Waals surface area contributed by atoms with Gasteiger partial charge >= 0.3 is 0 Å². The molecule has 2 nitrogen and oxygen atoms in total. The monoisotopic (exact) mass is 381 g/mol. The van der Waals surface area contributed by atoms with Crippen molar-refractivity contribution in [3.05, 3.63) is 62.4 Å². The van der Waals surface area contributed by atoms with Gasteiger partial charge in [-0.1, -0.05) is 45.7 Å². The van der Waals surface area contributed by atoms with Gasteiger partial charge < -0.3 is 10.5 Å². The largest absolute Gasteiger partial charge is 0.487 e. The van der Waals surface area contributed by atoms with Crippen LogP contribution in [0.2, 0.25) is 5.02 Å². The molecule has 2 N–H and O–H groups in total. The second-order valence-electron chi connectivity index (χ2n) is 4.57. The van der Waals surface area contributed by atoms with E-state index in [0.717, 1.165) is 14.9 Å². The van der Waals surface area contributed by atoms with Crippen LogP contribution < -0.4 is 10.5 Å². The summed E-state index contributed by atoms with van der Waals surface area (Å²) in [5, 5.41) is 1.80. The van der Waals surface area contributed by atoms with Gasteiger partial charge in [-0.05, 0) is 29.7 Å². The molecule has 0 saturated carbocycles. The van der Waals surface area contributed by atoms with Gasteiger partial charge in [0.15, 0.2) is 0 Å². The minimum Gasteiger partial charge on any atom is -0.487 e. The highest BCUT2D eigenvalue weighted by Gasteiger charge is 2.12. The van der Waals surface area contributed by atoms with E-state index in [9.17, 15) is 0 Å². The molecule has 0 unspecified atom stereocenters. The van der Waals surface area contributed by atoms with Gasteiger partial charge in [0.2, 0.25) is 0 Å². The number of hydrogen-bond donors (Lipinski definition) is 1. The molecular formula is C16H13BrClNOS. The molecule has 0 bridgehead atoms. The number of benzene rings is 2. The van der Waals surface area contributed by atoms with Crippen LogP contribution in [0.4, 0.5) is 0 Å². The summed E-state index contributed by atoms with van der Waals surface area (Å²) in [7, 11) is 0. The summed E-state index contributed by atoms with van der Waals surface area (Å²) in [5.41, 5.74) is 7.01. The summed E-state index contributed by atoms with van der Waals surface area (Å²) >= 11 is 11.3. The van der Waals surface area contributed by atoms with Crippen LogP contribution >= 0.6 is 38.9 Å². The average Bonchev–Trinajstić information content (AvgIpc) is 2.84. The summed E-state index contributed by atoms with van der Waals surface area (Å²) in [4.78, 5) is 1.16. The second kappa shape index (κ2) is 6.36. The zero-order valence-corrected chi connectivity index (χ0v) is 14.3. The Balaban J connectivity index is 1.91. The summed E-state index contributed by atoms with van der Waals surface area (Å²) in [6.45, 7) is 0.990. The predicted octanol–water partition coefficient (Wildman–Crippen LogP) is 5.35. The lowest BCUT2D eigenvalue weighted by Gasteiger charge is -2.09. The minimum absolute atomic E-state index is 0.470. The van der Waals surface area contributed by atoms with E-state index in [0.29, 0.717) is 23.9 Å². The first kappa shape index (κ1) is 14.9. The molecule has 0 aliphatic rings. The van der Waals surface area contributed by atoms with E-state index < -0.39 is 0 Å². The zero-order valence-electron chi connectivity index (χ0n) is 11.1. The molecule has 0 radical (unpaired) electrons.